The first-order valence-corrected chi connectivity index (χ1v) is 10.4. The van der Waals surface area contributed by atoms with Gasteiger partial charge in [0.1, 0.15) is 0 Å². The lowest BCUT2D eigenvalue weighted by molar-refractivity contribution is -0.112. The number of benzene rings is 1. The van der Waals surface area contributed by atoms with E-state index in [0.29, 0.717) is 11.4 Å². The van der Waals surface area contributed by atoms with Crippen LogP contribution >= 0.6 is 15.9 Å². The van der Waals surface area contributed by atoms with Crippen LogP contribution in [0.4, 0.5) is 5.69 Å². The van der Waals surface area contributed by atoms with Crippen molar-refractivity contribution in [2.45, 2.75) is 0 Å². The molecule has 138 valence electrons. The standard InChI is InChI=1S/C17H14BrN5O3S/c18-12-10-19-23(11-12)15-6-2-1-5-14(15)20-17(24)13-4-3-7-22-8-9-27(25,26)21-16(13)22/h1-7,10-11H,8-9H2,(H,20,24). The van der Waals surface area contributed by atoms with Gasteiger partial charge in [0.05, 0.1) is 33.4 Å². The summed E-state index contributed by atoms with van der Waals surface area (Å²) < 4.78 is 29.9. The molecule has 27 heavy (non-hydrogen) atoms. The van der Waals surface area contributed by atoms with E-state index in [1.54, 1.807) is 52.5 Å². The molecule has 0 unspecified atom stereocenters. The Hall–Kier alpha value is -2.72. The van der Waals surface area contributed by atoms with E-state index in [4.69, 9.17) is 0 Å². The number of fused-ring (bicyclic) bond motifs is 1. The average Bonchev–Trinajstić information content (AvgIpc) is 3.07. The SMILES string of the molecule is O=C(Nc1ccccc1-n1cc(Br)cn1)C1=CC=CN2CCS(=O)(=O)N=C12. The summed E-state index contributed by atoms with van der Waals surface area (Å²) >= 11 is 3.35. The number of halogens is 1. The molecule has 0 atom stereocenters. The highest BCUT2D eigenvalue weighted by Crippen LogP contribution is 2.23. The Kier molecular flexibility index (Phi) is 4.44. The number of aromatic nitrogens is 2. The van der Waals surface area contributed by atoms with Gasteiger partial charge in [-0.15, -0.1) is 4.40 Å². The zero-order valence-corrected chi connectivity index (χ0v) is 16.3. The molecule has 0 aliphatic carbocycles. The largest absolute Gasteiger partial charge is 0.331 e. The van der Waals surface area contributed by atoms with Crippen molar-refractivity contribution in [2.75, 3.05) is 17.6 Å². The van der Waals surface area contributed by atoms with Crippen molar-refractivity contribution < 1.29 is 13.2 Å². The minimum atomic E-state index is -3.57. The number of allylic oxidation sites excluding steroid dienone is 2. The molecule has 0 spiro atoms. The lowest BCUT2D eigenvalue weighted by Gasteiger charge is -2.28. The predicted molar refractivity (Wildman–Crippen MR) is 105 cm³/mol. The lowest BCUT2D eigenvalue weighted by Crippen LogP contribution is -2.40. The number of amidine groups is 1. The Labute approximate surface area is 164 Å². The first kappa shape index (κ1) is 17.7. The van der Waals surface area contributed by atoms with Gasteiger partial charge in [-0.1, -0.05) is 12.1 Å². The number of para-hydroxylation sites is 2. The number of hydrogen-bond donors (Lipinski definition) is 1. The maximum Gasteiger partial charge on any atom is 0.259 e. The van der Waals surface area contributed by atoms with E-state index in [9.17, 15) is 13.2 Å². The van der Waals surface area contributed by atoms with Crippen molar-refractivity contribution in [3.63, 3.8) is 0 Å². The fourth-order valence-electron chi connectivity index (χ4n) is 2.79. The van der Waals surface area contributed by atoms with E-state index >= 15 is 0 Å². The minimum absolute atomic E-state index is 0.0766. The average molecular weight is 448 g/mol. The molecule has 1 N–H and O–H groups in total. The van der Waals surface area contributed by atoms with Crippen molar-refractivity contribution in [3.8, 4) is 5.69 Å². The van der Waals surface area contributed by atoms with Crippen LogP contribution in [0, 0.1) is 0 Å². The monoisotopic (exact) mass is 447 g/mol. The molecule has 0 bridgehead atoms. The molecule has 3 heterocycles. The van der Waals surface area contributed by atoms with Gasteiger partial charge in [-0.2, -0.15) is 5.10 Å². The second-order valence-electron chi connectivity index (χ2n) is 5.89. The van der Waals surface area contributed by atoms with Gasteiger partial charge in [-0.3, -0.25) is 4.79 Å². The van der Waals surface area contributed by atoms with E-state index in [1.807, 2.05) is 12.1 Å². The molecule has 1 amide bonds. The Morgan fingerprint density at radius 2 is 2.07 bits per heavy atom. The highest BCUT2D eigenvalue weighted by molar-refractivity contribution is 9.10. The summed E-state index contributed by atoms with van der Waals surface area (Å²) in [6, 6.07) is 7.20. The molecule has 2 aliphatic heterocycles. The minimum Gasteiger partial charge on any atom is -0.331 e. The van der Waals surface area contributed by atoms with Gasteiger partial charge in [0, 0.05) is 18.9 Å². The number of carbonyl (C=O) groups is 1. The van der Waals surface area contributed by atoms with Gasteiger partial charge in [-0.25, -0.2) is 13.1 Å². The van der Waals surface area contributed by atoms with E-state index in [-0.39, 0.29) is 23.7 Å². The van der Waals surface area contributed by atoms with Crippen LogP contribution in [0.15, 0.2) is 69.5 Å². The number of nitrogens with one attached hydrogen (secondary N) is 1. The summed E-state index contributed by atoms with van der Waals surface area (Å²) in [5.41, 5.74) is 1.41. The van der Waals surface area contributed by atoms with E-state index in [2.05, 4.69) is 30.7 Å². The third-order valence-electron chi connectivity index (χ3n) is 4.05. The maximum absolute atomic E-state index is 12.9. The summed E-state index contributed by atoms with van der Waals surface area (Å²) in [5.74, 6) is -0.383. The van der Waals surface area contributed by atoms with Crippen LogP contribution in [0.1, 0.15) is 0 Å². The van der Waals surface area contributed by atoms with Crippen LogP contribution < -0.4 is 5.32 Å². The Bertz CT molecular complexity index is 1120. The summed E-state index contributed by atoms with van der Waals surface area (Å²) in [7, 11) is -3.57. The van der Waals surface area contributed by atoms with Crippen molar-refractivity contribution in [1.29, 1.82) is 0 Å². The van der Waals surface area contributed by atoms with Gasteiger partial charge in [0.25, 0.3) is 15.9 Å². The molecule has 0 fully saturated rings. The van der Waals surface area contributed by atoms with Crippen LogP contribution in [-0.2, 0) is 14.8 Å². The molecule has 2 aliphatic rings. The lowest BCUT2D eigenvalue weighted by atomic mass is 10.1. The zero-order chi connectivity index (χ0) is 19.0. The molecule has 2 aromatic rings. The van der Waals surface area contributed by atoms with Crippen LogP contribution in [-0.4, -0.2) is 47.1 Å². The highest BCUT2D eigenvalue weighted by Gasteiger charge is 2.30. The molecule has 0 radical (unpaired) electrons. The van der Waals surface area contributed by atoms with Gasteiger partial charge in [0.2, 0.25) is 0 Å². The van der Waals surface area contributed by atoms with Crippen LogP contribution in [0.2, 0.25) is 0 Å². The molecule has 0 saturated heterocycles. The topological polar surface area (TPSA) is 96.7 Å². The molecule has 4 rings (SSSR count). The highest BCUT2D eigenvalue weighted by atomic mass is 79.9. The zero-order valence-electron chi connectivity index (χ0n) is 13.9. The third kappa shape index (κ3) is 3.58. The Morgan fingerprint density at radius 3 is 2.85 bits per heavy atom. The second-order valence-corrected chi connectivity index (χ2v) is 8.56. The fraction of sp³-hybridized carbons (Fsp3) is 0.118. The third-order valence-corrected chi connectivity index (χ3v) is 5.61. The number of carbonyl (C=O) groups excluding carboxylic acids is 1. The first-order valence-electron chi connectivity index (χ1n) is 8.02. The van der Waals surface area contributed by atoms with Crippen LogP contribution in [0.3, 0.4) is 0 Å². The molecule has 8 nitrogen and oxygen atoms in total. The number of sulfonamides is 1. The van der Waals surface area contributed by atoms with Crippen molar-refractivity contribution in [3.05, 3.63) is 65.1 Å². The van der Waals surface area contributed by atoms with E-state index < -0.39 is 15.9 Å². The Morgan fingerprint density at radius 1 is 1.26 bits per heavy atom. The number of anilines is 1. The van der Waals surface area contributed by atoms with Gasteiger partial charge in [0.15, 0.2) is 5.84 Å². The first-order chi connectivity index (χ1) is 12.9. The van der Waals surface area contributed by atoms with E-state index in [1.165, 1.54) is 0 Å². The number of hydrogen-bond acceptors (Lipinski definition) is 5. The summed E-state index contributed by atoms with van der Waals surface area (Å²) in [6.45, 7) is 0.264. The predicted octanol–water partition coefficient (Wildman–Crippen LogP) is 2.07. The van der Waals surface area contributed by atoms with Crippen molar-refractivity contribution in [1.82, 2.24) is 14.7 Å². The number of nitrogens with zero attached hydrogens (tertiary/aromatic N) is 4. The summed E-state index contributed by atoms with van der Waals surface area (Å²) in [6.07, 6.45) is 8.38. The number of amides is 1. The summed E-state index contributed by atoms with van der Waals surface area (Å²) in [5, 5.41) is 7.06. The van der Waals surface area contributed by atoms with Gasteiger partial charge < -0.3 is 10.2 Å². The van der Waals surface area contributed by atoms with Crippen LogP contribution in [0.25, 0.3) is 5.69 Å². The van der Waals surface area contributed by atoms with Crippen LogP contribution in [0.5, 0.6) is 0 Å². The van der Waals surface area contributed by atoms with Gasteiger partial charge in [-0.05, 0) is 40.2 Å². The molecule has 1 aromatic heterocycles. The normalized spacial score (nSPS) is 17.7. The second kappa shape index (κ2) is 6.78. The fourth-order valence-corrected chi connectivity index (χ4v) is 4.07. The molecular weight excluding hydrogens is 434 g/mol. The Balaban J connectivity index is 1.66. The van der Waals surface area contributed by atoms with Crippen molar-refractivity contribution in [2.24, 2.45) is 4.40 Å². The molecule has 1 aromatic carbocycles. The maximum atomic E-state index is 12.9. The smallest absolute Gasteiger partial charge is 0.259 e. The molecule has 10 heteroatoms. The quantitative estimate of drug-likeness (QED) is 0.776. The number of rotatable bonds is 3. The molecule has 0 saturated carbocycles. The summed E-state index contributed by atoms with van der Waals surface area (Å²) in [4.78, 5) is 14.5. The van der Waals surface area contributed by atoms with Crippen molar-refractivity contribution >= 4 is 43.4 Å². The molecular formula is C17H14BrN5O3S. The van der Waals surface area contributed by atoms with Gasteiger partial charge >= 0.3 is 0 Å². The van der Waals surface area contributed by atoms with E-state index in [0.717, 1.165) is 4.47 Å².